The van der Waals surface area contributed by atoms with Gasteiger partial charge in [-0.1, -0.05) is 6.07 Å². The molecule has 1 radical (unpaired) electrons. The molecule has 0 amide bonds. The molecule has 5 nitrogen and oxygen atoms in total. The average molecular weight is 361 g/mol. The first-order valence-corrected chi connectivity index (χ1v) is 14.1. The standard InChI is InChI=1S/C9H11NO4.3CH3.Sn/c10-6(9(13)14)3-5-1-2-7(11)8(12)4-5;;;;/h1-2,4,6,11-12H,3,10H2,(H,13,14);3*1H3;. The number of carbonyl (C=O) groups is 1. The zero-order chi connectivity index (χ0) is 14.3. The van der Waals surface area contributed by atoms with Gasteiger partial charge >= 0.3 is 40.5 Å². The zero-order valence-corrected chi connectivity index (χ0v) is 13.7. The first kappa shape index (κ1) is 17.0. The van der Waals surface area contributed by atoms with E-state index in [9.17, 15) is 4.79 Å². The Balaban J connectivity index is 0.000000631. The molecule has 0 saturated carbocycles. The monoisotopic (exact) mass is 362 g/mol. The molecule has 0 saturated heterocycles. The Morgan fingerprint density at radius 2 is 1.78 bits per heavy atom. The number of rotatable bonds is 3. The SMILES string of the molecule is NC(Cc1ccc(O)c(O)c1)C(=O)O.[CH3][Sn]([CH3])[CH3]. The number of carboxylic acid groups (broad SMARTS) is 1. The fourth-order valence-electron chi connectivity index (χ4n) is 1.04. The molecule has 0 spiro atoms. The van der Waals surface area contributed by atoms with Gasteiger partial charge in [0, 0.05) is 0 Å². The molecule has 1 atom stereocenters. The van der Waals surface area contributed by atoms with Gasteiger partial charge in [0.05, 0.1) is 0 Å². The van der Waals surface area contributed by atoms with Crippen LogP contribution in [0.4, 0.5) is 0 Å². The third-order valence-corrected chi connectivity index (χ3v) is 1.81. The van der Waals surface area contributed by atoms with Gasteiger partial charge in [-0.3, -0.25) is 4.79 Å². The number of aliphatic carboxylic acids is 1. The first-order valence-electron chi connectivity index (χ1n) is 5.50. The second-order valence-corrected chi connectivity index (χ2v) is 13.0. The molecular weight excluding hydrogens is 341 g/mol. The molecule has 0 aliphatic rings. The summed E-state index contributed by atoms with van der Waals surface area (Å²) >= 11 is -0.543. The Kier molecular flexibility index (Phi) is 7.77. The number of hydrogen-bond acceptors (Lipinski definition) is 4. The van der Waals surface area contributed by atoms with Gasteiger partial charge in [-0.15, -0.1) is 0 Å². The Morgan fingerprint density at radius 1 is 1.28 bits per heavy atom. The summed E-state index contributed by atoms with van der Waals surface area (Å²) in [6.07, 6.45) is 0.114. The third kappa shape index (κ3) is 7.39. The molecule has 0 aliphatic carbocycles. The molecule has 0 bridgehead atoms. The van der Waals surface area contributed by atoms with E-state index in [2.05, 4.69) is 14.8 Å². The van der Waals surface area contributed by atoms with E-state index >= 15 is 0 Å². The topological polar surface area (TPSA) is 104 Å². The molecular formula is C12H20NO4Sn. The van der Waals surface area contributed by atoms with Gasteiger partial charge in [-0.2, -0.15) is 0 Å². The Bertz CT molecular complexity index is 393. The molecule has 0 aliphatic heterocycles. The summed E-state index contributed by atoms with van der Waals surface area (Å²) in [5.74, 6) is -1.62. The van der Waals surface area contributed by atoms with Crippen molar-refractivity contribution in [2.45, 2.75) is 27.3 Å². The second-order valence-electron chi connectivity index (χ2n) is 4.47. The van der Waals surface area contributed by atoms with E-state index in [1.807, 2.05) is 0 Å². The average Bonchev–Trinajstić information content (AvgIpc) is 2.22. The molecule has 1 unspecified atom stereocenters. The van der Waals surface area contributed by atoms with Crippen LogP contribution in [0.3, 0.4) is 0 Å². The van der Waals surface area contributed by atoms with Crippen molar-refractivity contribution in [3.8, 4) is 11.5 Å². The van der Waals surface area contributed by atoms with Crippen molar-refractivity contribution in [3.05, 3.63) is 23.8 Å². The molecule has 5 N–H and O–H groups in total. The van der Waals surface area contributed by atoms with Crippen molar-refractivity contribution in [3.63, 3.8) is 0 Å². The second kappa shape index (κ2) is 8.20. The normalized spacial score (nSPS) is 11.6. The molecule has 1 aromatic carbocycles. The minimum absolute atomic E-state index is 0.114. The predicted octanol–water partition coefficient (Wildman–Crippen LogP) is 1.42. The van der Waals surface area contributed by atoms with Crippen LogP contribution in [0.15, 0.2) is 18.2 Å². The van der Waals surface area contributed by atoms with Crippen molar-refractivity contribution in [2.24, 2.45) is 5.73 Å². The summed E-state index contributed by atoms with van der Waals surface area (Å²) in [7, 11) is 0. The van der Waals surface area contributed by atoms with Crippen molar-refractivity contribution < 1.29 is 20.1 Å². The van der Waals surface area contributed by atoms with Crippen LogP contribution in [0.1, 0.15) is 5.56 Å². The van der Waals surface area contributed by atoms with E-state index in [0.29, 0.717) is 5.56 Å². The molecule has 18 heavy (non-hydrogen) atoms. The number of phenolic OH excluding ortho intramolecular Hbond substituents is 2. The number of hydrogen-bond donors (Lipinski definition) is 4. The number of carboxylic acids is 1. The first-order chi connectivity index (χ1) is 8.23. The van der Waals surface area contributed by atoms with Gasteiger partial charge in [0.1, 0.15) is 6.04 Å². The summed E-state index contributed by atoms with van der Waals surface area (Å²) in [6.45, 7) is 0. The fraction of sp³-hybridized carbons (Fsp3) is 0.417. The minimum atomic E-state index is -1.10. The van der Waals surface area contributed by atoms with Gasteiger partial charge in [-0.25, -0.2) is 0 Å². The number of phenols is 2. The fourth-order valence-corrected chi connectivity index (χ4v) is 1.04. The summed E-state index contributed by atoms with van der Waals surface area (Å²) in [6, 6.07) is 3.09. The van der Waals surface area contributed by atoms with Crippen LogP contribution >= 0.6 is 0 Å². The van der Waals surface area contributed by atoms with Crippen LogP contribution in [0.2, 0.25) is 14.8 Å². The Labute approximate surface area is 114 Å². The van der Waals surface area contributed by atoms with Crippen LogP contribution in [0.5, 0.6) is 11.5 Å². The molecule has 1 rings (SSSR count). The molecule has 1 aromatic rings. The van der Waals surface area contributed by atoms with Crippen LogP contribution in [-0.4, -0.2) is 47.1 Å². The maximum atomic E-state index is 10.4. The summed E-state index contributed by atoms with van der Waals surface area (Å²) in [4.78, 5) is 17.5. The van der Waals surface area contributed by atoms with E-state index in [1.165, 1.54) is 18.2 Å². The van der Waals surface area contributed by atoms with Gasteiger partial charge in [0.25, 0.3) is 0 Å². The van der Waals surface area contributed by atoms with Crippen LogP contribution < -0.4 is 5.73 Å². The van der Waals surface area contributed by atoms with E-state index in [1.54, 1.807) is 0 Å². The maximum absolute atomic E-state index is 10.4. The van der Waals surface area contributed by atoms with Crippen molar-refractivity contribution in [1.29, 1.82) is 0 Å². The van der Waals surface area contributed by atoms with E-state index < -0.39 is 31.8 Å². The van der Waals surface area contributed by atoms with Crippen molar-refractivity contribution in [2.75, 3.05) is 0 Å². The van der Waals surface area contributed by atoms with E-state index in [4.69, 9.17) is 21.1 Å². The Hall–Kier alpha value is -0.951. The molecule has 0 heterocycles. The summed E-state index contributed by atoms with van der Waals surface area (Å²) < 4.78 is 0. The third-order valence-electron chi connectivity index (χ3n) is 1.81. The van der Waals surface area contributed by atoms with Gasteiger partial charge in [0.15, 0.2) is 11.5 Å². The van der Waals surface area contributed by atoms with Crippen LogP contribution in [-0.2, 0) is 11.2 Å². The van der Waals surface area contributed by atoms with E-state index in [-0.39, 0.29) is 17.9 Å². The quantitative estimate of drug-likeness (QED) is 0.482. The zero-order valence-electron chi connectivity index (χ0n) is 10.8. The van der Waals surface area contributed by atoms with Gasteiger partial charge < -0.3 is 21.1 Å². The molecule has 0 fully saturated rings. The number of nitrogens with two attached hydrogens (primary N) is 1. The van der Waals surface area contributed by atoms with Gasteiger partial charge in [-0.05, 0) is 24.1 Å². The van der Waals surface area contributed by atoms with Crippen LogP contribution in [0, 0.1) is 0 Å². The van der Waals surface area contributed by atoms with Crippen LogP contribution in [0.25, 0.3) is 0 Å². The summed E-state index contributed by atoms with van der Waals surface area (Å²) in [5, 5.41) is 26.6. The molecule has 6 heteroatoms. The van der Waals surface area contributed by atoms with Crippen molar-refractivity contribution in [1.82, 2.24) is 0 Å². The summed E-state index contributed by atoms with van der Waals surface area (Å²) in [5.41, 5.74) is 5.86. The number of aromatic hydroxyl groups is 2. The molecule has 0 aromatic heterocycles. The van der Waals surface area contributed by atoms with Crippen molar-refractivity contribution >= 4 is 25.7 Å². The van der Waals surface area contributed by atoms with Gasteiger partial charge in [0.2, 0.25) is 0 Å². The molecule has 101 valence electrons. The Morgan fingerprint density at radius 3 is 2.17 bits per heavy atom. The van der Waals surface area contributed by atoms with E-state index in [0.717, 1.165) is 0 Å². The predicted molar refractivity (Wildman–Crippen MR) is 72.4 cm³/mol. The number of benzene rings is 1.